The quantitative estimate of drug-likeness (QED) is 0.371. The van der Waals surface area contributed by atoms with Gasteiger partial charge in [-0.25, -0.2) is 4.79 Å². The third-order valence-corrected chi connectivity index (χ3v) is 4.60. The molecule has 2 fully saturated rings. The lowest BCUT2D eigenvalue weighted by atomic mass is 10.2. The maximum atomic E-state index is 11.9. The fraction of sp³-hybridized carbons (Fsp3) is 0.158. The van der Waals surface area contributed by atoms with Gasteiger partial charge in [-0.15, -0.1) is 0 Å². The second-order valence-corrected chi connectivity index (χ2v) is 6.91. The Morgan fingerprint density at radius 3 is 2.63 bits per heavy atom. The summed E-state index contributed by atoms with van der Waals surface area (Å²) in [6.45, 7) is 0. The first-order valence-corrected chi connectivity index (χ1v) is 9.22. The number of carbonyl (C=O) groups is 2. The molecule has 1 saturated carbocycles. The lowest BCUT2D eigenvalue weighted by molar-refractivity contribution is -0.115. The minimum absolute atomic E-state index is 0.117. The van der Waals surface area contributed by atoms with Crippen molar-refractivity contribution in [1.82, 2.24) is 30.2 Å². The highest BCUT2D eigenvalue weighted by molar-refractivity contribution is 6.14. The molecule has 2 aromatic heterocycles. The van der Waals surface area contributed by atoms with Crippen LogP contribution in [0, 0.1) is 11.3 Å². The van der Waals surface area contributed by atoms with Crippen LogP contribution >= 0.6 is 0 Å². The first-order valence-electron chi connectivity index (χ1n) is 9.22. The Hall–Kier alpha value is -4.46. The zero-order chi connectivity index (χ0) is 20.7. The van der Waals surface area contributed by atoms with E-state index in [9.17, 15) is 9.59 Å². The molecule has 0 atom stereocenters. The van der Waals surface area contributed by atoms with E-state index in [1.807, 2.05) is 0 Å². The Balaban J connectivity index is 1.55. The Labute approximate surface area is 169 Å². The van der Waals surface area contributed by atoms with E-state index in [2.05, 4.69) is 42.4 Å². The maximum absolute atomic E-state index is 11.9. The molecule has 1 aliphatic heterocycles. The number of aromatic nitrogens is 4. The van der Waals surface area contributed by atoms with Gasteiger partial charge in [0.05, 0.1) is 17.8 Å². The number of nitrogens with one attached hydrogen (secondary N) is 4. The molecule has 1 saturated heterocycles. The van der Waals surface area contributed by atoms with Crippen molar-refractivity contribution in [3.63, 3.8) is 0 Å². The highest BCUT2D eigenvalue weighted by Gasteiger charge is 2.26. The van der Waals surface area contributed by atoms with Crippen LogP contribution < -0.4 is 21.3 Å². The molecular weight excluding hydrogens is 386 g/mol. The smallest absolute Gasteiger partial charge is 0.326 e. The third-order valence-electron chi connectivity index (χ3n) is 4.60. The van der Waals surface area contributed by atoms with Crippen molar-refractivity contribution in [1.29, 1.82) is 5.26 Å². The molecule has 11 heteroatoms. The average Bonchev–Trinajstić information content (AvgIpc) is 3.37. The number of urea groups is 1. The van der Waals surface area contributed by atoms with E-state index in [4.69, 9.17) is 5.26 Å². The Bertz CT molecular complexity index is 1250. The second-order valence-electron chi connectivity index (χ2n) is 6.91. The summed E-state index contributed by atoms with van der Waals surface area (Å²) in [5.74, 6) is 0.333. The summed E-state index contributed by atoms with van der Waals surface area (Å²) in [5.41, 5.74) is 2.40. The fourth-order valence-electron chi connectivity index (χ4n) is 2.95. The lowest BCUT2D eigenvalue weighted by Gasteiger charge is -2.10. The second kappa shape index (κ2) is 6.85. The van der Waals surface area contributed by atoms with E-state index in [1.165, 1.54) is 6.08 Å². The third kappa shape index (κ3) is 3.37. The van der Waals surface area contributed by atoms with Crippen LogP contribution in [0.15, 0.2) is 36.2 Å². The molecule has 0 unspecified atom stereocenters. The number of imide groups is 1. The summed E-state index contributed by atoms with van der Waals surface area (Å²) in [7, 11) is 0. The van der Waals surface area contributed by atoms with Crippen LogP contribution in [0.25, 0.3) is 11.7 Å². The molecule has 0 spiro atoms. The van der Waals surface area contributed by atoms with Gasteiger partial charge in [0.1, 0.15) is 5.70 Å². The summed E-state index contributed by atoms with van der Waals surface area (Å²) < 4.78 is 1.56. The summed E-state index contributed by atoms with van der Waals surface area (Å²) in [6, 6.07) is 8.75. The number of nitriles is 1. The van der Waals surface area contributed by atoms with Gasteiger partial charge in [0.15, 0.2) is 5.65 Å². The molecule has 5 rings (SSSR count). The molecule has 0 radical (unpaired) electrons. The fourth-order valence-corrected chi connectivity index (χ4v) is 2.95. The molecule has 30 heavy (non-hydrogen) atoms. The van der Waals surface area contributed by atoms with Crippen LogP contribution in [0.4, 0.5) is 22.4 Å². The maximum Gasteiger partial charge on any atom is 0.326 e. The number of amides is 3. The summed E-state index contributed by atoms with van der Waals surface area (Å²) >= 11 is 0. The number of rotatable bonds is 5. The van der Waals surface area contributed by atoms with Crippen molar-refractivity contribution in [2.24, 2.45) is 0 Å². The number of hydrogen-bond acceptors (Lipinski definition) is 8. The molecule has 3 heterocycles. The number of hydrogen-bond donors (Lipinski definition) is 4. The highest BCUT2D eigenvalue weighted by Crippen LogP contribution is 2.26. The van der Waals surface area contributed by atoms with Crippen LogP contribution in [-0.4, -0.2) is 37.6 Å². The van der Waals surface area contributed by atoms with Crippen molar-refractivity contribution in [3.8, 4) is 6.07 Å². The molecule has 2 aliphatic rings. The minimum Gasteiger partial charge on any atom is -0.351 e. The monoisotopic (exact) mass is 401 g/mol. The summed E-state index contributed by atoms with van der Waals surface area (Å²) in [4.78, 5) is 32.3. The lowest BCUT2D eigenvalue weighted by Crippen LogP contribution is -2.22. The zero-order valence-electron chi connectivity index (χ0n) is 15.5. The van der Waals surface area contributed by atoms with E-state index < -0.39 is 11.9 Å². The van der Waals surface area contributed by atoms with Gasteiger partial charge in [0.2, 0.25) is 11.9 Å². The van der Waals surface area contributed by atoms with Gasteiger partial charge < -0.3 is 16.0 Å². The van der Waals surface area contributed by atoms with Crippen molar-refractivity contribution < 1.29 is 9.59 Å². The van der Waals surface area contributed by atoms with Crippen molar-refractivity contribution in [2.45, 2.75) is 18.9 Å². The molecule has 148 valence electrons. The van der Waals surface area contributed by atoms with E-state index in [0.29, 0.717) is 34.7 Å². The van der Waals surface area contributed by atoms with E-state index >= 15 is 0 Å². The van der Waals surface area contributed by atoms with Crippen LogP contribution in [-0.2, 0) is 4.79 Å². The normalized spacial score (nSPS) is 17.0. The van der Waals surface area contributed by atoms with E-state index in [-0.39, 0.29) is 5.70 Å². The van der Waals surface area contributed by atoms with Gasteiger partial charge in [0.25, 0.3) is 5.91 Å². The van der Waals surface area contributed by atoms with Gasteiger partial charge in [-0.2, -0.15) is 24.8 Å². The number of benzene rings is 1. The standard InChI is InChI=1S/C19H15N9O2/c20-8-10-1-3-12(4-2-10)22-17-25-15-11(7-14-16(29)26-19(30)24-14)9-21-28(15)18(27-17)23-13-5-6-13/h1-4,7,9,13H,5-6H2,(H2,22,23,25,27)(H2,24,26,29,30)/b14-7-. The summed E-state index contributed by atoms with van der Waals surface area (Å²) in [6.07, 6.45) is 5.17. The summed E-state index contributed by atoms with van der Waals surface area (Å²) in [5, 5.41) is 24.3. The van der Waals surface area contributed by atoms with Crippen LogP contribution in [0.2, 0.25) is 0 Å². The first-order chi connectivity index (χ1) is 14.6. The molecule has 11 nitrogen and oxygen atoms in total. The van der Waals surface area contributed by atoms with Crippen LogP contribution in [0.1, 0.15) is 24.0 Å². The number of anilines is 3. The van der Waals surface area contributed by atoms with Gasteiger partial charge in [0, 0.05) is 17.3 Å². The number of carbonyl (C=O) groups excluding carboxylic acids is 2. The van der Waals surface area contributed by atoms with Gasteiger partial charge >= 0.3 is 6.03 Å². The van der Waals surface area contributed by atoms with Gasteiger partial charge in [-0.3, -0.25) is 10.1 Å². The van der Waals surface area contributed by atoms with Gasteiger partial charge in [-0.05, 0) is 43.2 Å². The highest BCUT2D eigenvalue weighted by atomic mass is 16.2. The molecule has 3 amide bonds. The topological polar surface area (TPSA) is 149 Å². The Morgan fingerprint density at radius 2 is 1.97 bits per heavy atom. The first kappa shape index (κ1) is 17.6. The molecule has 3 aromatic rings. The van der Waals surface area contributed by atoms with E-state index in [1.54, 1.807) is 35.0 Å². The van der Waals surface area contributed by atoms with Crippen molar-refractivity contribution in [2.75, 3.05) is 10.6 Å². The molecule has 0 bridgehead atoms. The van der Waals surface area contributed by atoms with Gasteiger partial charge in [-0.1, -0.05) is 0 Å². The largest absolute Gasteiger partial charge is 0.351 e. The van der Waals surface area contributed by atoms with E-state index in [0.717, 1.165) is 18.5 Å². The average molecular weight is 401 g/mol. The molecule has 4 N–H and O–H groups in total. The molecule has 1 aromatic carbocycles. The predicted octanol–water partition coefficient (Wildman–Crippen LogP) is 1.49. The van der Waals surface area contributed by atoms with Crippen molar-refractivity contribution >= 4 is 41.2 Å². The molecule has 1 aliphatic carbocycles. The Morgan fingerprint density at radius 1 is 1.17 bits per heavy atom. The van der Waals surface area contributed by atoms with Crippen LogP contribution in [0.3, 0.4) is 0 Å². The Kier molecular flexibility index (Phi) is 4.03. The van der Waals surface area contributed by atoms with Crippen molar-refractivity contribution in [3.05, 3.63) is 47.3 Å². The van der Waals surface area contributed by atoms with Crippen LogP contribution in [0.5, 0.6) is 0 Å². The predicted molar refractivity (Wildman–Crippen MR) is 107 cm³/mol. The molecular formula is C19H15N9O2. The SMILES string of the molecule is N#Cc1ccc(Nc2nc(NC3CC3)n3ncc(/C=C4\NC(=O)NC4=O)c3n2)cc1. The number of nitrogens with zero attached hydrogens (tertiary/aromatic N) is 5. The minimum atomic E-state index is -0.573. The zero-order valence-corrected chi connectivity index (χ0v) is 15.5. The number of fused-ring (bicyclic) bond motifs is 1.